The zero-order valence-corrected chi connectivity index (χ0v) is 8.47. The molecule has 0 spiro atoms. The van der Waals surface area contributed by atoms with Crippen LogP contribution in [0.4, 0.5) is 0 Å². The van der Waals surface area contributed by atoms with Crippen LogP contribution < -0.4 is 29.6 Å². The molecule has 0 radical (unpaired) electrons. The van der Waals surface area contributed by atoms with Crippen LogP contribution in [0.15, 0.2) is 0 Å². The number of carbonyl (C=O) groups is 1. The molecule has 0 aromatic carbocycles. The fourth-order valence-electron chi connectivity index (χ4n) is 0.384. The maximum atomic E-state index is 10.1. The summed E-state index contributed by atoms with van der Waals surface area (Å²) in [4.78, 5) is 13.7. The van der Waals surface area contributed by atoms with Gasteiger partial charge in [-0.1, -0.05) is 0 Å². The van der Waals surface area contributed by atoms with E-state index in [1.165, 1.54) is 0 Å². The second kappa shape index (κ2) is 4.02. The minimum atomic E-state index is -1.01. The third-order valence-corrected chi connectivity index (χ3v) is 1.50. The molecule has 0 saturated carbocycles. The van der Waals surface area contributed by atoms with Crippen LogP contribution in [0.1, 0.15) is 17.1 Å². The van der Waals surface area contributed by atoms with Crippen molar-refractivity contribution in [1.82, 2.24) is 9.36 Å². The minimum absolute atomic E-state index is 0. The number of nitrogens with zero attached hydrogens (tertiary/aromatic N) is 2. The number of carboxylic acid groups (broad SMARTS) is 1. The monoisotopic (exact) mass is 168 g/mol. The third kappa shape index (κ3) is 2.34. The van der Waals surface area contributed by atoms with Gasteiger partial charge in [-0.3, -0.25) is 0 Å². The molecule has 0 amide bonds. The molecule has 0 aliphatic rings. The van der Waals surface area contributed by atoms with Crippen LogP contribution in [0.5, 0.6) is 0 Å². The van der Waals surface area contributed by atoms with Crippen LogP contribution in [0.3, 0.4) is 0 Å². The molecule has 6 heteroatoms. The molecule has 10 heavy (non-hydrogen) atoms. The molecule has 1 rings (SSSR count). The Morgan fingerprint density at radius 1 is 1.80 bits per heavy atom. The summed E-state index contributed by atoms with van der Waals surface area (Å²) in [5, 5.41) is 8.35. The van der Waals surface area contributed by atoms with Crippen LogP contribution in [0, 0.1) is 6.92 Å². The van der Waals surface area contributed by atoms with E-state index in [0.717, 1.165) is 11.5 Å². The van der Waals surface area contributed by atoms with Crippen LogP contribution in [-0.2, 0) is 0 Å². The molecule has 0 aliphatic carbocycles. The Bertz CT molecular complexity index is 242. The third-order valence-electron chi connectivity index (χ3n) is 0.711. The van der Waals surface area contributed by atoms with E-state index >= 15 is 0 Å². The summed E-state index contributed by atoms with van der Waals surface area (Å²) in [6.07, 6.45) is 0. The first-order valence-corrected chi connectivity index (χ1v) is 3.01. The van der Waals surface area contributed by atoms with Gasteiger partial charge in [0.25, 0.3) is 0 Å². The van der Waals surface area contributed by atoms with E-state index in [9.17, 15) is 4.79 Å². The number of carboxylic acids is 1. The summed E-state index contributed by atoms with van der Waals surface area (Å²) in [5.74, 6) is -0.502. The van der Waals surface area contributed by atoms with Crippen molar-refractivity contribution in [3.63, 3.8) is 0 Å². The van der Waals surface area contributed by atoms with Crippen LogP contribution in [0.2, 0.25) is 0 Å². The molecule has 0 bridgehead atoms. The Morgan fingerprint density at radius 3 is 2.60 bits per heavy atom. The van der Waals surface area contributed by atoms with Gasteiger partial charge in [0.15, 0.2) is 0 Å². The van der Waals surface area contributed by atoms with Gasteiger partial charge in [0.05, 0.1) is 0 Å². The van der Waals surface area contributed by atoms with Gasteiger partial charge in [0, 0.05) is 0 Å². The van der Waals surface area contributed by atoms with Crippen molar-refractivity contribution in [2.75, 3.05) is 0 Å². The van der Waals surface area contributed by atoms with Crippen LogP contribution in [-0.4, -0.2) is 20.4 Å². The smallest absolute Gasteiger partial charge is 1.00 e. The van der Waals surface area contributed by atoms with E-state index in [2.05, 4.69) is 9.36 Å². The largest absolute Gasteiger partial charge is 1.00 e. The van der Waals surface area contributed by atoms with E-state index in [4.69, 9.17) is 5.11 Å². The van der Waals surface area contributed by atoms with E-state index in [-0.39, 0.29) is 36.0 Å². The summed E-state index contributed by atoms with van der Waals surface area (Å²) < 4.78 is 3.69. The number of hydrogen-bond donors (Lipinski definition) is 1. The van der Waals surface area contributed by atoms with Crippen LogP contribution in [0.25, 0.3) is 0 Å². The topological polar surface area (TPSA) is 63.1 Å². The predicted molar refractivity (Wildman–Crippen MR) is 32.7 cm³/mol. The Hall–Kier alpha value is 0.0300. The fourth-order valence-corrected chi connectivity index (χ4v) is 0.894. The number of aryl methyl sites for hydroxylation is 1. The van der Waals surface area contributed by atoms with Gasteiger partial charge in [-0.2, -0.15) is 4.37 Å². The minimum Gasteiger partial charge on any atom is -1.00 e. The summed E-state index contributed by atoms with van der Waals surface area (Å²) in [5.41, 5.74) is 0. The van der Waals surface area contributed by atoms with E-state index < -0.39 is 5.97 Å². The quantitative estimate of drug-likeness (QED) is 0.477. The molecule has 1 N–H and O–H groups in total. The summed E-state index contributed by atoms with van der Waals surface area (Å²) in [6, 6.07) is 0. The normalized spacial score (nSPS) is 8.50. The Morgan fingerprint density at radius 2 is 2.40 bits per heavy atom. The van der Waals surface area contributed by atoms with E-state index in [1.54, 1.807) is 6.92 Å². The van der Waals surface area contributed by atoms with Crippen molar-refractivity contribution in [1.29, 1.82) is 0 Å². The molecule has 4 nitrogen and oxygen atoms in total. The van der Waals surface area contributed by atoms with Crippen molar-refractivity contribution in [3.05, 3.63) is 10.8 Å². The molecule has 1 aromatic rings. The van der Waals surface area contributed by atoms with Gasteiger partial charge < -0.3 is 6.53 Å². The zero-order chi connectivity index (χ0) is 6.85. The summed E-state index contributed by atoms with van der Waals surface area (Å²) >= 11 is 0.897. The number of rotatable bonds is 1. The van der Waals surface area contributed by atoms with Crippen molar-refractivity contribution in [2.45, 2.75) is 6.92 Å². The summed E-state index contributed by atoms with van der Waals surface area (Å²) in [6.45, 7) is 1.66. The summed E-state index contributed by atoms with van der Waals surface area (Å²) in [7, 11) is 0. The van der Waals surface area contributed by atoms with Gasteiger partial charge >= 0.3 is 35.5 Å². The Labute approximate surface area is 85.2 Å². The molecular weight excluding hydrogens is 163 g/mol. The Kier molecular flexibility index (Phi) is 4.04. The maximum Gasteiger partial charge on any atom is 1.00 e. The molecule has 0 fully saturated rings. The Balaban J connectivity index is 0. The standard InChI is InChI=1S/C4H4N2O2S.Na.H/c1-2-5-3(4(7)8)9-6-2;;/h1H3,(H,7,8);;/q;+1;-1. The second-order valence-electron chi connectivity index (χ2n) is 1.45. The van der Waals surface area contributed by atoms with Crippen LogP contribution >= 0.6 is 11.5 Å². The SMILES string of the molecule is Cc1nsc(C(=O)O)n1.[H-].[Na+]. The molecule has 50 valence electrons. The average Bonchev–Trinajstić information content (AvgIpc) is 2.14. The van der Waals surface area contributed by atoms with Crippen molar-refractivity contribution < 1.29 is 40.9 Å². The first-order valence-electron chi connectivity index (χ1n) is 2.24. The van der Waals surface area contributed by atoms with Gasteiger partial charge in [0.1, 0.15) is 5.82 Å². The first kappa shape index (κ1) is 10.0. The second-order valence-corrected chi connectivity index (χ2v) is 2.20. The maximum absolute atomic E-state index is 10.1. The van der Waals surface area contributed by atoms with Gasteiger partial charge in [-0.05, 0) is 18.5 Å². The van der Waals surface area contributed by atoms with Gasteiger partial charge in [-0.25, -0.2) is 9.78 Å². The fraction of sp³-hybridized carbons (Fsp3) is 0.250. The number of hydrogen-bond acceptors (Lipinski definition) is 4. The van der Waals surface area contributed by atoms with E-state index in [1.807, 2.05) is 0 Å². The molecule has 0 saturated heterocycles. The van der Waals surface area contributed by atoms with Crippen molar-refractivity contribution >= 4 is 17.5 Å². The zero-order valence-electron chi connectivity index (χ0n) is 6.66. The molecule has 0 unspecified atom stereocenters. The first-order chi connectivity index (χ1) is 4.20. The van der Waals surface area contributed by atoms with Crippen molar-refractivity contribution in [3.8, 4) is 0 Å². The molecular formula is C4H5N2NaO2S. The molecule has 1 aromatic heterocycles. The number of aromatic nitrogens is 2. The molecule has 0 aliphatic heterocycles. The number of aromatic carboxylic acids is 1. The average molecular weight is 168 g/mol. The molecule has 1 heterocycles. The molecule has 0 atom stereocenters. The van der Waals surface area contributed by atoms with Crippen molar-refractivity contribution in [2.24, 2.45) is 0 Å². The predicted octanol–water partition coefficient (Wildman–Crippen LogP) is -2.34. The van der Waals surface area contributed by atoms with Gasteiger partial charge in [0.2, 0.25) is 5.01 Å². The van der Waals surface area contributed by atoms with E-state index in [0.29, 0.717) is 5.82 Å². The van der Waals surface area contributed by atoms with Gasteiger partial charge in [-0.15, -0.1) is 0 Å².